The van der Waals surface area contributed by atoms with E-state index in [4.69, 9.17) is 4.74 Å². The van der Waals surface area contributed by atoms with Crippen molar-refractivity contribution >= 4 is 11.9 Å². The van der Waals surface area contributed by atoms with Gasteiger partial charge in [0.25, 0.3) is 0 Å². The van der Waals surface area contributed by atoms with Crippen LogP contribution in [0.2, 0.25) is 0 Å². The van der Waals surface area contributed by atoms with E-state index in [0.717, 1.165) is 13.0 Å². The first-order valence-electron chi connectivity index (χ1n) is 7.52. The second-order valence-corrected chi connectivity index (χ2v) is 5.42. The Balaban J connectivity index is 2.02. The zero-order valence-corrected chi connectivity index (χ0v) is 12.7. The van der Waals surface area contributed by atoms with E-state index < -0.39 is 0 Å². The van der Waals surface area contributed by atoms with Gasteiger partial charge in [0, 0.05) is 13.6 Å². The fourth-order valence-electron chi connectivity index (χ4n) is 2.40. The summed E-state index contributed by atoms with van der Waals surface area (Å²) in [6.07, 6.45) is 6.05. The molecule has 1 aromatic rings. The van der Waals surface area contributed by atoms with Crippen molar-refractivity contribution < 1.29 is 4.74 Å². The van der Waals surface area contributed by atoms with Crippen LogP contribution in [0.5, 0.6) is 6.01 Å². The Morgan fingerprint density at radius 1 is 1.15 bits per heavy atom. The van der Waals surface area contributed by atoms with Crippen LogP contribution in [0.1, 0.15) is 46.0 Å². The summed E-state index contributed by atoms with van der Waals surface area (Å²) in [6, 6.07) is 0.382. The smallest absolute Gasteiger partial charge is 0.323 e. The number of ether oxygens (including phenoxy) is 1. The molecule has 1 aromatic heterocycles. The Morgan fingerprint density at radius 2 is 1.90 bits per heavy atom. The summed E-state index contributed by atoms with van der Waals surface area (Å²) in [7, 11) is 1.79. The topological polar surface area (TPSA) is 72.0 Å². The zero-order chi connectivity index (χ0) is 14.4. The Kier molecular flexibility index (Phi) is 4.98. The van der Waals surface area contributed by atoms with Gasteiger partial charge < -0.3 is 15.4 Å². The molecule has 1 aliphatic carbocycles. The molecular formula is C14H25N5O. The molecule has 0 aliphatic heterocycles. The molecule has 2 rings (SSSR count). The highest BCUT2D eigenvalue weighted by molar-refractivity contribution is 5.35. The summed E-state index contributed by atoms with van der Waals surface area (Å²) in [6.45, 7) is 5.85. The normalized spacial score (nSPS) is 16.4. The third kappa shape index (κ3) is 3.49. The first-order chi connectivity index (χ1) is 9.71. The van der Waals surface area contributed by atoms with E-state index >= 15 is 0 Å². The number of nitrogens with zero attached hydrogens (tertiary/aromatic N) is 3. The zero-order valence-electron chi connectivity index (χ0n) is 12.7. The fourth-order valence-corrected chi connectivity index (χ4v) is 2.40. The van der Waals surface area contributed by atoms with Crippen molar-refractivity contribution in [3.8, 4) is 6.01 Å². The van der Waals surface area contributed by atoms with Crippen LogP contribution >= 0.6 is 0 Å². The molecule has 2 N–H and O–H groups in total. The second kappa shape index (κ2) is 6.72. The van der Waals surface area contributed by atoms with E-state index in [1.807, 2.05) is 0 Å². The molecule has 0 radical (unpaired) electrons. The van der Waals surface area contributed by atoms with Gasteiger partial charge in [-0.05, 0) is 31.1 Å². The van der Waals surface area contributed by atoms with Crippen molar-refractivity contribution in [3.05, 3.63) is 0 Å². The predicted molar refractivity (Wildman–Crippen MR) is 80.2 cm³/mol. The van der Waals surface area contributed by atoms with Gasteiger partial charge in [-0.2, -0.15) is 15.0 Å². The largest absolute Gasteiger partial charge is 0.463 e. The van der Waals surface area contributed by atoms with Crippen LogP contribution in [0, 0.1) is 5.41 Å². The van der Waals surface area contributed by atoms with Gasteiger partial charge in [0.1, 0.15) is 0 Å². The maximum Gasteiger partial charge on any atom is 0.323 e. The average molecular weight is 279 g/mol. The van der Waals surface area contributed by atoms with Crippen LogP contribution in [0.25, 0.3) is 0 Å². The van der Waals surface area contributed by atoms with Gasteiger partial charge in [-0.15, -0.1) is 0 Å². The van der Waals surface area contributed by atoms with Crippen molar-refractivity contribution in [2.24, 2.45) is 5.41 Å². The van der Waals surface area contributed by atoms with Gasteiger partial charge in [-0.1, -0.05) is 20.3 Å². The molecule has 0 bridgehead atoms. The molecule has 0 unspecified atom stereocenters. The monoisotopic (exact) mass is 279 g/mol. The molecular weight excluding hydrogens is 254 g/mol. The minimum atomic E-state index is 0.382. The van der Waals surface area contributed by atoms with E-state index in [1.54, 1.807) is 7.05 Å². The summed E-state index contributed by atoms with van der Waals surface area (Å²) in [5, 5.41) is 6.29. The van der Waals surface area contributed by atoms with Gasteiger partial charge in [0.2, 0.25) is 11.9 Å². The first-order valence-corrected chi connectivity index (χ1v) is 7.52. The molecule has 20 heavy (non-hydrogen) atoms. The molecule has 1 aliphatic rings. The van der Waals surface area contributed by atoms with Crippen molar-refractivity contribution in [1.29, 1.82) is 0 Å². The highest BCUT2D eigenvalue weighted by Gasteiger charge is 2.34. The SMILES string of the molecule is CCCOc1nc(NC)nc(NCC2(CC)CCC2)n1. The molecule has 6 heteroatoms. The second-order valence-electron chi connectivity index (χ2n) is 5.42. The molecule has 0 atom stereocenters. The van der Waals surface area contributed by atoms with Crippen molar-refractivity contribution in [2.75, 3.05) is 30.8 Å². The third-order valence-corrected chi connectivity index (χ3v) is 4.06. The Labute approximate surface area is 120 Å². The number of rotatable bonds is 8. The summed E-state index contributed by atoms with van der Waals surface area (Å²) >= 11 is 0. The molecule has 1 saturated carbocycles. The highest BCUT2D eigenvalue weighted by Crippen LogP contribution is 2.43. The third-order valence-electron chi connectivity index (χ3n) is 4.06. The minimum absolute atomic E-state index is 0.382. The highest BCUT2D eigenvalue weighted by atomic mass is 16.5. The quantitative estimate of drug-likeness (QED) is 0.762. The van der Waals surface area contributed by atoms with Crippen molar-refractivity contribution in [1.82, 2.24) is 15.0 Å². The minimum Gasteiger partial charge on any atom is -0.463 e. The van der Waals surface area contributed by atoms with Gasteiger partial charge in [-0.25, -0.2) is 0 Å². The van der Waals surface area contributed by atoms with E-state index in [1.165, 1.54) is 25.7 Å². The maximum atomic E-state index is 5.49. The van der Waals surface area contributed by atoms with Crippen LogP contribution in [0.4, 0.5) is 11.9 Å². The molecule has 0 aromatic carbocycles. The lowest BCUT2D eigenvalue weighted by atomic mass is 9.67. The molecule has 1 heterocycles. The van der Waals surface area contributed by atoms with Crippen LogP contribution < -0.4 is 15.4 Å². The number of hydrogen-bond acceptors (Lipinski definition) is 6. The Morgan fingerprint density at radius 3 is 2.45 bits per heavy atom. The molecule has 112 valence electrons. The molecule has 0 amide bonds. The van der Waals surface area contributed by atoms with E-state index in [-0.39, 0.29) is 0 Å². The van der Waals surface area contributed by atoms with Gasteiger partial charge in [0.15, 0.2) is 0 Å². The predicted octanol–water partition coefficient (Wildman–Crippen LogP) is 2.69. The van der Waals surface area contributed by atoms with Gasteiger partial charge in [-0.3, -0.25) is 0 Å². The van der Waals surface area contributed by atoms with E-state index in [9.17, 15) is 0 Å². The number of aromatic nitrogens is 3. The lowest BCUT2D eigenvalue weighted by Gasteiger charge is -2.41. The summed E-state index contributed by atoms with van der Waals surface area (Å²) in [5.74, 6) is 1.13. The number of nitrogens with one attached hydrogen (secondary N) is 2. The average Bonchev–Trinajstić information content (AvgIpc) is 2.44. The van der Waals surface area contributed by atoms with Crippen LogP contribution in [-0.4, -0.2) is 35.2 Å². The van der Waals surface area contributed by atoms with Crippen LogP contribution in [0.15, 0.2) is 0 Å². The summed E-state index contributed by atoms with van der Waals surface area (Å²) in [5.41, 5.74) is 0.427. The number of anilines is 2. The van der Waals surface area contributed by atoms with Gasteiger partial charge >= 0.3 is 6.01 Å². The maximum absolute atomic E-state index is 5.49. The fraction of sp³-hybridized carbons (Fsp3) is 0.786. The Hall–Kier alpha value is -1.59. The van der Waals surface area contributed by atoms with Crippen molar-refractivity contribution in [2.45, 2.75) is 46.0 Å². The summed E-state index contributed by atoms with van der Waals surface area (Å²) in [4.78, 5) is 12.8. The van der Waals surface area contributed by atoms with Gasteiger partial charge in [0.05, 0.1) is 6.61 Å². The van der Waals surface area contributed by atoms with E-state index in [2.05, 4.69) is 39.4 Å². The molecule has 0 spiro atoms. The van der Waals surface area contributed by atoms with Crippen LogP contribution in [0.3, 0.4) is 0 Å². The number of hydrogen-bond donors (Lipinski definition) is 2. The first kappa shape index (κ1) is 14.8. The molecule has 0 saturated heterocycles. The summed E-state index contributed by atoms with van der Waals surface area (Å²) < 4.78 is 5.49. The Bertz CT molecular complexity index is 428. The lowest BCUT2D eigenvalue weighted by Crippen LogP contribution is -2.36. The molecule has 6 nitrogen and oxygen atoms in total. The van der Waals surface area contributed by atoms with Crippen molar-refractivity contribution in [3.63, 3.8) is 0 Å². The van der Waals surface area contributed by atoms with Crippen LogP contribution in [-0.2, 0) is 0 Å². The lowest BCUT2D eigenvalue weighted by molar-refractivity contribution is 0.144. The molecule has 1 fully saturated rings. The standard InChI is InChI=1S/C14H25N5O/c1-4-9-20-13-18-11(15-3)17-12(19-13)16-10-14(5-2)7-6-8-14/h4-10H2,1-3H3,(H2,15,16,17,18,19). The van der Waals surface area contributed by atoms with E-state index in [0.29, 0.717) is 29.9 Å².